The van der Waals surface area contributed by atoms with Crippen LogP contribution in [0.1, 0.15) is 17.4 Å². The average Bonchev–Trinajstić information content (AvgIpc) is 2.95. The molecule has 0 radical (unpaired) electrons. The number of hydrogen-bond acceptors (Lipinski definition) is 4. The lowest BCUT2D eigenvalue weighted by molar-refractivity contribution is 0.258. The van der Waals surface area contributed by atoms with E-state index >= 15 is 0 Å². The normalized spacial score (nSPS) is 19.0. The van der Waals surface area contributed by atoms with Gasteiger partial charge in [0.15, 0.2) is 0 Å². The second-order valence-electron chi connectivity index (χ2n) is 5.61. The van der Waals surface area contributed by atoms with Crippen LogP contribution in [0.4, 0.5) is 4.39 Å². The summed E-state index contributed by atoms with van der Waals surface area (Å²) >= 11 is 0. The van der Waals surface area contributed by atoms with Gasteiger partial charge in [-0.1, -0.05) is 12.1 Å². The number of piperazine rings is 1. The largest absolute Gasteiger partial charge is 0.337 e. The molecular weight excluding hydrogens is 355 g/mol. The molecule has 1 aliphatic heterocycles. The molecule has 1 atom stereocenters. The summed E-state index contributed by atoms with van der Waals surface area (Å²) in [6.07, 6.45) is 3.46. The van der Waals surface area contributed by atoms with Gasteiger partial charge in [0.25, 0.3) is 0 Å². The summed E-state index contributed by atoms with van der Waals surface area (Å²) in [5.41, 5.74) is 0.573. The van der Waals surface area contributed by atoms with Crippen molar-refractivity contribution < 1.29 is 12.8 Å². The quantitative estimate of drug-likeness (QED) is 0.879. The minimum atomic E-state index is -3.52. The second-order valence-corrected chi connectivity index (χ2v) is 7.53. The lowest BCUT2D eigenvalue weighted by Crippen LogP contribution is -2.49. The summed E-state index contributed by atoms with van der Waals surface area (Å²) in [4.78, 5) is 4.29. The zero-order valence-corrected chi connectivity index (χ0v) is 14.9. The van der Waals surface area contributed by atoms with Crippen molar-refractivity contribution in [3.8, 4) is 0 Å². The summed E-state index contributed by atoms with van der Waals surface area (Å²) in [6, 6.07) is 5.22. The number of halogens is 2. The fourth-order valence-corrected chi connectivity index (χ4v) is 4.52. The molecule has 6 nitrogen and oxygen atoms in total. The SMILES string of the molecule is Cl.Cn1ccnc1C1CNCCN1S(=O)(=O)Cc1ccc(F)cc1. The van der Waals surface area contributed by atoms with Gasteiger partial charge in [-0.2, -0.15) is 4.31 Å². The van der Waals surface area contributed by atoms with Gasteiger partial charge in [0.05, 0.1) is 11.8 Å². The van der Waals surface area contributed by atoms with Gasteiger partial charge in [0, 0.05) is 39.1 Å². The van der Waals surface area contributed by atoms with Crippen molar-refractivity contribution in [2.75, 3.05) is 19.6 Å². The van der Waals surface area contributed by atoms with E-state index < -0.39 is 10.0 Å². The van der Waals surface area contributed by atoms with Crippen LogP contribution in [0, 0.1) is 5.82 Å². The Morgan fingerprint density at radius 1 is 1.33 bits per heavy atom. The number of nitrogens with zero attached hydrogens (tertiary/aromatic N) is 3. The van der Waals surface area contributed by atoms with Crippen molar-refractivity contribution in [2.45, 2.75) is 11.8 Å². The molecule has 1 saturated heterocycles. The highest BCUT2D eigenvalue weighted by atomic mass is 35.5. The lowest BCUT2D eigenvalue weighted by atomic mass is 10.2. The van der Waals surface area contributed by atoms with Crippen LogP contribution >= 0.6 is 12.4 Å². The first-order valence-electron chi connectivity index (χ1n) is 7.39. The molecule has 3 rings (SSSR count). The highest BCUT2D eigenvalue weighted by Crippen LogP contribution is 2.25. The zero-order valence-electron chi connectivity index (χ0n) is 13.2. The second kappa shape index (κ2) is 7.60. The first kappa shape index (κ1) is 18.9. The van der Waals surface area contributed by atoms with Crippen LogP contribution in [0.25, 0.3) is 0 Å². The lowest BCUT2D eigenvalue weighted by Gasteiger charge is -2.34. The molecule has 1 unspecified atom stereocenters. The first-order chi connectivity index (χ1) is 11.0. The van der Waals surface area contributed by atoms with Crippen molar-refractivity contribution in [3.63, 3.8) is 0 Å². The third-order valence-electron chi connectivity index (χ3n) is 3.97. The van der Waals surface area contributed by atoms with Crippen molar-refractivity contribution in [1.82, 2.24) is 19.2 Å². The fraction of sp³-hybridized carbons (Fsp3) is 0.400. The molecule has 24 heavy (non-hydrogen) atoms. The highest BCUT2D eigenvalue weighted by Gasteiger charge is 2.35. The summed E-state index contributed by atoms with van der Waals surface area (Å²) in [6.45, 7) is 1.51. The topological polar surface area (TPSA) is 67.2 Å². The van der Waals surface area contributed by atoms with Crippen LogP contribution in [0.2, 0.25) is 0 Å². The van der Waals surface area contributed by atoms with E-state index in [4.69, 9.17) is 0 Å². The van der Waals surface area contributed by atoms with Gasteiger partial charge in [-0.15, -0.1) is 12.4 Å². The number of aromatic nitrogens is 2. The van der Waals surface area contributed by atoms with Gasteiger partial charge in [-0.25, -0.2) is 17.8 Å². The molecule has 0 aliphatic carbocycles. The number of sulfonamides is 1. The molecule has 1 aromatic carbocycles. The van der Waals surface area contributed by atoms with E-state index in [0.29, 0.717) is 31.0 Å². The Bertz CT molecular complexity index is 779. The Hall–Kier alpha value is -1.48. The molecule has 0 amide bonds. The maximum absolute atomic E-state index is 13.0. The number of benzene rings is 1. The molecule has 1 aliphatic rings. The molecule has 2 aromatic rings. The maximum atomic E-state index is 13.0. The summed E-state index contributed by atoms with van der Waals surface area (Å²) < 4.78 is 42.0. The van der Waals surface area contributed by atoms with Gasteiger partial charge in [-0.05, 0) is 17.7 Å². The first-order valence-corrected chi connectivity index (χ1v) is 9.00. The fourth-order valence-electron chi connectivity index (χ4n) is 2.81. The Balaban J connectivity index is 0.00000208. The standard InChI is InChI=1S/C15H19FN4O2S.ClH/c1-19-8-7-18-15(19)14-10-17-6-9-20(14)23(21,22)11-12-2-4-13(16)5-3-12;/h2-5,7-8,14,17H,6,9-11H2,1H3;1H. The molecule has 2 heterocycles. The number of imidazole rings is 1. The molecule has 9 heteroatoms. The maximum Gasteiger partial charge on any atom is 0.219 e. The summed E-state index contributed by atoms with van der Waals surface area (Å²) in [7, 11) is -1.67. The predicted molar refractivity (Wildman–Crippen MR) is 91.8 cm³/mol. The smallest absolute Gasteiger partial charge is 0.219 e. The van der Waals surface area contributed by atoms with Gasteiger partial charge < -0.3 is 9.88 Å². The number of aryl methyl sites for hydroxylation is 1. The van der Waals surface area contributed by atoms with Crippen molar-refractivity contribution >= 4 is 22.4 Å². The molecule has 1 aromatic heterocycles. The summed E-state index contributed by atoms with van der Waals surface area (Å²) in [5.74, 6) is 0.188. The van der Waals surface area contributed by atoms with Crippen LogP contribution < -0.4 is 5.32 Å². The van der Waals surface area contributed by atoms with E-state index in [1.165, 1.54) is 28.6 Å². The van der Waals surface area contributed by atoms with Gasteiger partial charge >= 0.3 is 0 Å². The Morgan fingerprint density at radius 2 is 2.04 bits per heavy atom. The third kappa shape index (κ3) is 3.94. The summed E-state index contributed by atoms with van der Waals surface area (Å²) in [5, 5.41) is 3.21. The molecule has 0 saturated carbocycles. The molecule has 1 fully saturated rings. The number of nitrogens with one attached hydrogen (secondary N) is 1. The van der Waals surface area contributed by atoms with E-state index in [9.17, 15) is 12.8 Å². The van der Waals surface area contributed by atoms with E-state index in [1.54, 1.807) is 12.4 Å². The van der Waals surface area contributed by atoms with Crippen molar-refractivity contribution in [1.29, 1.82) is 0 Å². The van der Waals surface area contributed by atoms with Gasteiger partial charge in [-0.3, -0.25) is 0 Å². The zero-order chi connectivity index (χ0) is 16.4. The van der Waals surface area contributed by atoms with E-state index in [1.807, 2.05) is 11.6 Å². The van der Waals surface area contributed by atoms with E-state index in [2.05, 4.69) is 10.3 Å². The Morgan fingerprint density at radius 3 is 2.67 bits per heavy atom. The Labute approximate surface area is 147 Å². The van der Waals surface area contributed by atoms with Crippen LogP contribution in [0.15, 0.2) is 36.7 Å². The van der Waals surface area contributed by atoms with Gasteiger partial charge in [0.2, 0.25) is 10.0 Å². The number of hydrogen-bond donors (Lipinski definition) is 1. The molecule has 1 N–H and O–H groups in total. The molecule has 132 valence electrons. The van der Waals surface area contributed by atoms with E-state index in [0.717, 1.165) is 0 Å². The van der Waals surface area contributed by atoms with Crippen LogP contribution in [-0.2, 0) is 22.8 Å². The highest BCUT2D eigenvalue weighted by molar-refractivity contribution is 7.88. The minimum absolute atomic E-state index is 0. The monoisotopic (exact) mass is 374 g/mol. The minimum Gasteiger partial charge on any atom is -0.337 e. The van der Waals surface area contributed by atoms with Crippen LogP contribution in [-0.4, -0.2) is 41.9 Å². The molecule has 0 spiro atoms. The van der Waals surface area contributed by atoms with Crippen LogP contribution in [0.5, 0.6) is 0 Å². The Kier molecular flexibility index (Phi) is 5.97. The predicted octanol–water partition coefficient (Wildman–Crippen LogP) is 1.46. The van der Waals surface area contributed by atoms with Crippen LogP contribution in [0.3, 0.4) is 0 Å². The average molecular weight is 375 g/mol. The molecule has 0 bridgehead atoms. The van der Waals surface area contributed by atoms with Crippen molar-refractivity contribution in [2.24, 2.45) is 7.05 Å². The van der Waals surface area contributed by atoms with Gasteiger partial charge in [0.1, 0.15) is 11.6 Å². The van der Waals surface area contributed by atoms with E-state index in [-0.39, 0.29) is 30.0 Å². The molecular formula is C15H20ClFN4O2S. The number of rotatable bonds is 4. The third-order valence-corrected chi connectivity index (χ3v) is 5.82. The van der Waals surface area contributed by atoms with Crippen molar-refractivity contribution in [3.05, 3.63) is 53.9 Å².